The molecule has 0 spiro atoms. The summed E-state index contributed by atoms with van der Waals surface area (Å²) in [4.78, 5) is 10.9. The van der Waals surface area contributed by atoms with Crippen molar-refractivity contribution < 1.29 is 9.90 Å². The lowest BCUT2D eigenvalue weighted by Crippen LogP contribution is -1.92. The van der Waals surface area contributed by atoms with Crippen LogP contribution in [0, 0.1) is 13.8 Å². The summed E-state index contributed by atoms with van der Waals surface area (Å²) in [6.45, 7) is 3.91. The minimum Gasteiger partial charge on any atom is -0.508 e. The number of carbonyl (C=O) groups excluding carboxylic acids is 1. The van der Waals surface area contributed by atoms with Crippen LogP contribution in [0.1, 0.15) is 21.5 Å². The minimum atomic E-state index is 0.121. The van der Waals surface area contributed by atoms with E-state index in [4.69, 9.17) is 0 Å². The van der Waals surface area contributed by atoms with Crippen LogP contribution in [0.4, 0.5) is 0 Å². The Labute approximate surface area is 101 Å². The fourth-order valence-corrected chi connectivity index (χ4v) is 2.00. The van der Waals surface area contributed by atoms with E-state index in [1.807, 2.05) is 38.1 Å². The first-order valence-corrected chi connectivity index (χ1v) is 5.48. The first-order chi connectivity index (χ1) is 8.13. The molecule has 0 unspecified atom stereocenters. The minimum absolute atomic E-state index is 0.121. The molecule has 2 aromatic rings. The van der Waals surface area contributed by atoms with Crippen LogP contribution in [0.3, 0.4) is 0 Å². The van der Waals surface area contributed by atoms with Gasteiger partial charge in [-0.2, -0.15) is 0 Å². The first kappa shape index (κ1) is 11.4. The maximum absolute atomic E-state index is 10.9. The van der Waals surface area contributed by atoms with Crippen molar-refractivity contribution in [2.75, 3.05) is 0 Å². The molecule has 0 saturated heterocycles. The van der Waals surface area contributed by atoms with Crippen molar-refractivity contribution >= 4 is 6.29 Å². The molecule has 0 fully saturated rings. The number of phenols is 1. The van der Waals surface area contributed by atoms with Crippen LogP contribution in [0.15, 0.2) is 36.4 Å². The van der Waals surface area contributed by atoms with Crippen LogP contribution >= 0.6 is 0 Å². The molecule has 0 aliphatic carbocycles. The van der Waals surface area contributed by atoms with E-state index in [0.717, 1.165) is 28.5 Å². The fourth-order valence-electron chi connectivity index (χ4n) is 2.00. The Hall–Kier alpha value is -2.09. The quantitative estimate of drug-likeness (QED) is 0.796. The van der Waals surface area contributed by atoms with E-state index in [0.29, 0.717) is 5.56 Å². The summed E-state index contributed by atoms with van der Waals surface area (Å²) in [5.41, 5.74) is 4.50. The molecular weight excluding hydrogens is 212 g/mol. The highest BCUT2D eigenvalue weighted by Crippen LogP contribution is 2.31. The van der Waals surface area contributed by atoms with Crippen LogP contribution in [0.5, 0.6) is 5.75 Å². The predicted molar refractivity (Wildman–Crippen MR) is 68.4 cm³/mol. The third-order valence-corrected chi connectivity index (χ3v) is 2.99. The topological polar surface area (TPSA) is 37.3 Å². The second-order valence-electron chi connectivity index (χ2n) is 4.14. The van der Waals surface area contributed by atoms with Gasteiger partial charge in [-0.1, -0.05) is 24.3 Å². The summed E-state index contributed by atoms with van der Waals surface area (Å²) in [7, 11) is 0. The summed E-state index contributed by atoms with van der Waals surface area (Å²) >= 11 is 0. The molecule has 0 heterocycles. The van der Waals surface area contributed by atoms with E-state index < -0.39 is 0 Å². The third-order valence-electron chi connectivity index (χ3n) is 2.99. The standard InChI is InChI=1S/C15H14O2/c1-10-5-3-4-6-14(10)15-8-13(17)7-12(9-16)11(15)2/h3-9,17H,1-2H3. The van der Waals surface area contributed by atoms with Crippen molar-refractivity contribution in [2.24, 2.45) is 0 Å². The zero-order chi connectivity index (χ0) is 12.4. The zero-order valence-electron chi connectivity index (χ0n) is 9.90. The van der Waals surface area contributed by atoms with Gasteiger partial charge in [0.25, 0.3) is 0 Å². The number of phenolic OH excluding ortho intramolecular Hbond substituents is 1. The number of carbonyl (C=O) groups is 1. The van der Waals surface area contributed by atoms with Crippen molar-refractivity contribution in [2.45, 2.75) is 13.8 Å². The van der Waals surface area contributed by atoms with Crippen LogP contribution < -0.4 is 0 Å². The van der Waals surface area contributed by atoms with Crippen LogP contribution in [-0.4, -0.2) is 11.4 Å². The smallest absolute Gasteiger partial charge is 0.150 e. The summed E-state index contributed by atoms with van der Waals surface area (Å²) < 4.78 is 0. The number of hydrogen-bond donors (Lipinski definition) is 1. The molecular formula is C15H14O2. The van der Waals surface area contributed by atoms with E-state index in [2.05, 4.69) is 0 Å². The molecule has 2 nitrogen and oxygen atoms in total. The van der Waals surface area contributed by atoms with Gasteiger partial charge in [0.15, 0.2) is 0 Å². The first-order valence-electron chi connectivity index (χ1n) is 5.48. The van der Waals surface area contributed by atoms with E-state index in [1.54, 1.807) is 6.07 Å². The molecule has 0 saturated carbocycles. The third kappa shape index (κ3) is 2.07. The molecule has 86 valence electrons. The Kier molecular flexibility index (Phi) is 2.96. The van der Waals surface area contributed by atoms with Gasteiger partial charge in [0.2, 0.25) is 0 Å². The molecule has 2 heteroatoms. The summed E-state index contributed by atoms with van der Waals surface area (Å²) in [5, 5.41) is 9.64. The highest BCUT2D eigenvalue weighted by atomic mass is 16.3. The molecule has 0 aliphatic rings. The Balaban J connectivity index is 2.72. The average molecular weight is 226 g/mol. The number of aryl methyl sites for hydroxylation is 1. The maximum Gasteiger partial charge on any atom is 0.150 e. The predicted octanol–water partition coefficient (Wildman–Crippen LogP) is 3.49. The SMILES string of the molecule is Cc1ccccc1-c1cc(O)cc(C=O)c1C. The Morgan fingerprint density at radius 3 is 2.41 bits per heavy atom. The van der Waals surface area contributed by atoms with Crippen molar-refractivity contribution in [3.05, 3.63) is 53.1 Å². The lowest BCUT2D eigenvalue weighted by atomic mass is 9.94. The largest absolute Gasteiger partial charge is 0.508 e. The Bertz CT molecular complexity index is 571. The van der Waals surface area contributed by atoms with Gasteiger partial charge in [-0.3, -0.25) is 4.79 Å². The highest BCUT2D eigenvalue weighted by Gasteiger charge is 2.09. The Morgan fingerprint density at radius 1 is 1.06 bits per heavy atom. The van der Waals surface area contributed by atoms with Crippen molar-refractivity contribution in [3.8, 4) is 16.9 Å². The number of aromatic hydroxyl groups is 1. The number of rotatable bonds is 2. The molecule has 0 radical (unpaired) electrons. The van der Waals surface area contributed by atoms with Crippen molar-refractivity contribution in [1.29, 1.82) is 0 Å². The molecule has 17 heavy (non-hydrogen) atoms. The number of hydrogen-bond acceptors (Lipinski definition) is 2. The zero-order valence-corrected chi connectivity index (χ0v) is 9.90. The monoisotopic (exact) mass is 226 g/mol. The van der Waals surface area contributed by atoms with Gasteiger partial charge in [-0.05, 0) is 48.2 Å². The van der Waals surface area contributed by atoms with E-state index in [9.17, 15) is 9.90 Å². The molecule has 2 aromatic carbocycles. The van der Waals surface area contributed by atoms with Gasteiger partial charge in [0.05, 0.1) is 0 Å². The van der Waals surface area contributed by atoms with Crippen LogP contribution in [-0.2, 0) is 0 Å². The van der Waals surface area contributed by atoms with Gasteiger partial charge >= 0.3 is 0 Å². The second-order valence-corrected chi connectivity index (χ2v) is 4.14. The van der Waals surface area contributed by atoms with Crippen molar-refractivity contribution in [3.63, 3.8) is 0 Å². The molecule has 0 aliphatic heterocycles. The number of benzene rings is 2. The van der Waals surface area contributed by atoms with Gasteiger partial charge in [0, 0.05) is 5.56 Å². The number of aldehydes is 1. The molecule has 2 rings (SSSR count). The molecule has 0 bridgehead atoms. The normalized spacial score (nSPS) is 10.2. The van der Waals surface area contributed by atoms with Gasteiger partial charge < -0.3 is 5.11 Å². The van der Waals surface area contributed by atoms with Gasteiger partial charge in [0.1, 0.15) is 12.0 Å². The van der Waals surface area contributed by atoms with Crippen molar-refractivity contribution in [1.82, 2.24) is 0 Å². The summed E-state index contributed by atoms with van der Waals surface area (Å²) in [6.07, 6.45) is 0.775. The van der Waals surface area contributed by atoms with E-state index >= 15 is 0 Å². The van der Waals surface area contributed by atoms with Crippen LogP contribution in [0.25, 0.3) is 11.1 Å². The average Bonchev–Trinajstić information content (AvgIpc) is 2.32. The van der Waals surface area contributed by atoms with E-state index in [1.165, 1.54) is 6.07 Å². The maximum atomic E-state index is 10.9. The molecule has 0 aromatic heterocycles. The summed E-state index contributed by atoms with van der Waals surface area (Å²) in [6, 6.07) is 11.1. The van der Waals surface area contributed by atoms with E-state index in [-0.39, 0.29) is 5.75 Å². The molecule has 0 atom stereocenters. The van der Waals surface area contributed by atoms with Gasteiger partial charge in [-0.25, -0.2) is 0 Å². The summed E-state index contributed by atoms with van der Waals surface area (Å²) in [5.74, 6) is 0.121. The highest BCUT2D eigenvalue weighted by molar-refractivity contribution is 5.84. The molecule has 0 amide bonds. The lowest BCUT2D eigenvalue weighted by Gasteiger charge is -2.11. The fraction of sp³-hybridized carbons (Fsp3) is 0.133. The van der Waals surface area contributed by atoms with Crippen LogP contribution in [0.2, 0.25) is 0 Å². The molecule has 1 N–H and O–H groups in total. The second kappa shape index (κ2) is 4.42. The lowest BCUT2D eigenvalue weighted by molar-refractivity contribution is 0.112. The Morgan fingerprint density at radius 2 is 1.76 bits per heavy atom. The van der Waals surface area contributed by atoms with Gasteiger partial charge in [-0.15, -0.1) is 0 Å².